The summed E-state index contributed by atoms with van der Waals surface area (Å²) in [5.41, 5.74) is 1.66. The van der Waals surface area contributed by atoms with E-state index in [-0.39, 0.29) is 11.6 Å². The van der Waals surface area contributed by atoms with Crippen LogP contribution >= 0.6 is 11.3 Å². The lowest BCUT2D eigenvalue weighted by atomic mass is 10.2. The molecule has 1 aromatic heterocycles. The fraction of sp³-hybridized carbons (Fsp3) is 0.0870. The van der Waals surface area contributed by atoms with Gasteiger partial charge in [-0.25, -0.2) is 4.98 Å². The number of nitrogens with zero attached hydrogens (tertiary/aromatic N) is 4. The first kappa shape index (κ1) is 21.9. The van der Waals surface area contributed by atoms with Crippen molar-refractivity contribution in [1.29, 1.82) is 0 Å². The molecule has 0 N–H and O–H groups in total. The lowest BCUT2D eigenvalue weighted by Crippen LogP contribution is -2.25. The Morgan fingerprint density at radius 2 is 1.70 bits per heavy atom. The molecule has 1 heterocycles. The summed E-state index contributed by atoms with van der Waals surface area (Å²) in [4.78, 5) is 28.3. The van der Waals surface area contributed by atoms with Crippen molar-refractivity contribution in [3.8, 4) is 11.5 Å². The zero-order chi connectivity index (χ0) is 23.4. The van der Waals surface area contributed by atoms with E-state index in [1.165, 1.54) is 34.7 Å². The number of hydrogen-bond donors (Lipinski definition) is 0. The average molecular weight is 462 g/mol. The zero-order valence-electron chi connectivity index (χ0n) is 17.7. The van der Waals surface area contributed by atoms with Crippen molar-refractivity contribution in [3.63, 3.8) is 0 Å². The van der Waals surface area contributed by atoms with Gasteiger partial charge in [0.1, 0.15) is 11.5 Å². The van der Waals surface area contributed by atoms with Gasteiger partial charge >= 0.3 is 0 Å². The lowest BCUT2D eigenvalue weighted by Gasteiger charge is -2.14. The predicted octanol–water partition coefficient (Wildman–Crippen LogP) is 4.90. The van der Waals surface area contributed by atoms with Crippen LogP contribution in [-0.2, 0) is 0 Å². The van der Waals surface area contributed by atoms with Crippen LogP contribution in [0.4, 0.5) is 10.8 Å². The van der Waals surface area contributed by atoms with Crippen LogP contribution < -0.4 is 14.5 Å². The summed E-state index contributed by atoms with van der Waals surface area (Å²) >= 11 is 1.29. The van der Waals surface area contributed by atoms with E-state index in [2.05, 4.69) is 10.1 Å². The molecular weight excluding hydrogens is 444 g/mol. The Kier molecular flexibility index (Phi) is 6.27. The quantitative estimate of drug-likeness (QED) is 0.220. The molecular formula is C23H18N4O5S. The largest absolute Gasteiger partial charge is 0.497 e. The number of anilines is 1. The van der Waals surface area contributed by atoms with Gasteiger partial charge in [-0.2, -0.15) is 10.1 Å². The van der Waals surface area contributed by atoms with Crippen LogP contribution in [0, 0.1) is 10.1 Å². The van der Waals surface area contributed by atoms with E-state index in [1.54, 1.807) is 56.7 Å². The first-order valence-corrected chi connectivity index (χ1v) is 10.5. The van der Waals surface area contributed by atoms with E-state index in [1.807, 2.05) is 12.1 Å². The van der Waals surface area contributed by atoms with Crippen LogP contribution in [0.2, 0.25) is 0 Å². The highest BCUT2D eigenvalue weighted by Crippen LogP contribution is 2.32. The standard InChI is InChI=1S/C23H18N4O5S/c1-31-18-9-5-16(6-10-18)22(28)26(24-14-15-3-7-17(8-4-15)27(29)30)23-25-20-12-11-19(32-2)13-21(20)33-23/h3-14H,1-2H3/b24-14+. The average Bonchev–Trinajstić information content (AvgIpc) is 3.27. The molecule has 4 rings (SSSR count). The van der Waals surface area contributed by atoms with Crippen molar-refractivity contribution in [2.45, 2.75) is 0 Å². The number of ether oxygens (including phenoxy) is 2. The molecule has 0 radical (unpaired) electrons. The maximum atomic E-state index is 13.3. The first-order valence-electron chi connectivity index (χ1n) is 9.70. The minimum absolute atomic E-state index is 0.0292. The smallest absolute Gasteiger partial charge is 0.280 e. The van der Waals surface area contributed by atoms with Crippen LogP contribution in [0.3, 0.4) is 0 Å². The van der Waals surface area contributed by atoms with Crippen LogP contribution in [0.15, 0.2) is 71.8 Å². The van der Waals surface area contributed by atoms with Crippen molar-refractivity contribution >= 4 is 44.5 Å². The fourth-order valence-electron chi connectivity index (χ4n) is 2.96. The Balaban J connectivity index is 1.72. The molecule has 4 aromatic rings. The summed E-state index contributed by atoms with van der Waals surface area (Å²) in [5.74, 6) is 0.918. The Labute approximate surface area is 192 Å². The Morgan fingerprint density at radius 1 is 1.03 bits per heavy atom. The number of non-ortho nitro benzene ring substituents is 1. The fourth-order valence-corrected chi connectivity index (χ4v) is 3.91. The summed E-state index contributed by atoms with van der Waals surface area (Å²) in [5, 5.41) is 16.8. The third kappa shape index (κ3) is 4.80. The number of carbonyl (C=O) groups is 1. The number of fused-ring (bicyclic) bond motifs is 1. The minimum atomic E-state index is -0.476. The molecule has 3 aromatic carbocycles. The number of thiazole rings is 1. The molecule has 33 heavy (non-hydrogen) atoms. The van der Waals surface area contributed by atoms with Gasteiger partial charge in [-0.05, 0) is 60.2 Å². The Hall–Kier alpha value is -4.31. The topological polar surface area (TPSA) is 107 Å². The van der Waals surface area contributed by atoms with E-state index in [9.17, 15) is 14.9 Å². The van der Waals surface area contributed by atoms with E-state index in [0.717, 1.165) is 4.70 Å². The molecule has 10 heteroatoms. The van der Waals surface area contributed by atoms with Crippen LogP contribution in [0.25, 0.3) is 10.2 Å². The SMILES string of the molecule is COc1ccc(C(=O)N(/N=C/c2ccc([N+](=O)[O-])cc2)c2nc3ccc(OC)cc3s2)cc1. The summed E-state index contributed by atoms with van der Waals surface area (Å²) in [6.07, 6.45) is 1.46. The number of rotatable bonds is 7. The van der Waals surface area contributed by atoms with E-state index < -0.39 is 4.92 Å². The number of aromatic nitrogens is 1. The Bertz CT molecular complexity index is 1330. The number of nitro benzene ring substituents is 1. The van der Waals surface area contributed by atoms with Crippen molar-refractivity contribution in [2.75, 3.05) is 19.2 Å². The molecule has 0 atom stereocenters. The van der Waals surface area contributed by atoms with E-state index >= 15 is 0 Å². The minimum Gasteiger partial charge on any atom is -0.497 e. The van der Waals surface area contributed by atoms with Crippen molar-refractivity contribution in [3.05, 3.63) is 88.0 Å². The van der Waals surface area contributed by atoms with E-state index in [4.69, 9.17) is 9.47 Å². The van der Waals surface area contributed by atoms with Crippen LogP contribution in [0.5, 0.6) is 11.5 Å². The van der Waals surface area contributed by atoms with Gasteiger partial charge in [0, 0.05) is 17.7 Å². The lowest BCUT2D eigenvalue weighted by molar-refractivity contribution is -0.384. The van der Waals surface area contributed by atoms with Gasteiger partial charge in [0.05, 0.1) is 35.6 Å². The van der Waals surface area contributed by atoms with Gasteiger partial charge in [0.15, 0.2) is 0 Å². The van der Waals surface area contributed by atoms with Crippen LogP contribution in [-0.4, -0.2) is 36.2 Å². The summed E-state index contributed by atoms with van der Waals surface area (Å²) < 4.78 is 11.3. The van der Waals surface area contributed by atoms with Gasteiger partial charge < -0.3 is 9.47 Å². The second kappa shape index (κ2) is 9.45. The molecule has 0 saturated heterocycles. The maximum Gasteiger partial charge on any atom is 0.280 e. The number of hydrazone groups is 1. The molecule has 0 unspecified atom stereocenters. The summed E-state index contributed by atoms with van der Waals surface area (Å²) in [7, 11) is 3.13. The highest BCUT2D eigenvalue weighted by atomic mass is 32.1. The third-order valence-electron chi connectivity index (χ3n) is 4.72. The number of hydrogen-bond acceptors (Lipinski definition) is 8. The summed E-state index contributed by atoms with van der Waals surface area (Å²) in [6, 6.07) is 18.0. The Morgan fingerprint density at radius 3 is 2.33 bits per heavy atom. The zero-order valence-corrected chi connectivity index (χ0v) is 18.5. The molecule has 0 fully saturated rings. The second-order valence-corrected chi connectivity index (χ2v) is 7.78. The maximum absolute atomic E-state index is 13.3. The monoisotopic (exact) mass is 462 g/mol. The molecule has 1 amide bonds. The molecule has 0 bridgehead atoms. The third-order valence-corrected chi connectivity index (χ3v) is 5.71. The van der Waals surface area contributed by atoms with Crippen molar-refractivity contribution < 1.29 is 19.2 Å². The van der Waals surface area contributed by atoms with E-state index in [0.29, 0.717) is 33.3 Å². The molecule has 0 aliphatic rings. The second-order valence-electron chi connectivity index (χ2n) is 6.77. The normalized spacial score (nSPS) is 11.0. The molecule has 9 nitrogen and oxygen atoms in total. The number of amides is 1. The molecule has 166 valence electrons. The van der Waals surface area contributed by atoms with Gasteiger partial charge in [-0.1, -0.05) is 11.3 Å². The number of carbonyl (C=O) groups excluding carboxylic acids is 1. The molecule has 0 spiro atoms. The highest BCUT2D eigenvalue weighted by molar-refractivity contribution is 7.22. The first-order chi connectivity index (χ1) is 16.0. The van der Waals surface area contributed by atoms with Gasteiger partial charge in [0.25, 0.3) is 11.6 Å². The number of benzene rings is 3. The van der Waals surface area contributed by atoms with Gasteiger partial charge in [-0.3, -0.25) is 14.9 Å². The molecule has 0 saturated carbocycles. The summed E-state index contributed by atoms with van der Waals surface area (Å²) in [6.45, 7) is 0. The highest BCUT2D eigenvalue weighted by Gasteiger charge is 2.21. The molecule has 0 aliphatic heterocycles. The van der Waals surface area contributed by atoms with Gasteiger partial charge in [-0.15, -0.1) is 0 Å². The predicted molar refractivity (Wildman–Crippen MR) is 127 cm³/mol. The molecule has 0 aliphatic carbocycles. The number of methoxy groups -OCH3 is 2. The van der Waals surface area contributed by atoms with Gasteiger partial charge in [0.2, 0.25) is 5.13 Å². The van der Waals surface area contributed by atoms with Crippen LogP contribution in [0.1, 0.15) is 15.9 Å². The number of nitro groups is 1. The van der Waals surface area contributed by atoms with Crippen molar-refractivity contribution in [2.24, 2.45) is 5.10 Å². The van der Waals surface area contributed by atoms with Crippen molar-refractivity contribution in [1.82, 2.24) is 4.98 Å².